The molecule has 0 aliphatic carbocycles. The van der Waals surface area contributed by atoms with E-state index in [4.69, 9.17) is 0 Å². The van der Waals surface area contributed by atoms with Crippen molar-refractivity contribution in [2.45, 2.75) is 6.16 Å². The molecule has 0 saturated heterocycles. The largest absolute Gasteiger partial charge is 0.305 e. The predicted molar refractivity (Wildman–Crippen MR) is 61.9 cm³/mol. The number of rotatable bonds is 2. The molecule has 3 heteroatoms. The molecule has 1 radical (unpaired) electrons. The van der Waals surface area contributed by atoms with E-state index in [1.54, 1.807) is 6.20 Å². The van der Waals surface area contributed by atoms with Gasteiger partial charge in [-0.15, -0.1) is 44.6 Å². The van der Waals surface area contributed by atoms with Gasteiger partial charge in [-0.3, -0.25) is 0 Å². The van der Waals surface area contributed by atoms with Crippen molar-refractivity contribution in [1.82, 2.24) is 4.98 Å². The van der Waals surface area contributed by atoms with Crippen molar-refractivity contribution in [3.05, 3.63) is 54.2 Å². The summed E-state index contributed by atoms with van der Waals surface area (Å²) < 4.78 is 0. The topological polar surface area (TPSA) is 12.9 Å². The van der Waals surface area contributed by atoms with Gasteiger partial charge < -0.3 is 4.98 Å². The standard InChI is InChI=1S/C12H11NP.Ir/c14-9-10-4-3-5-11(8-10)12-6-1-2-7-13-12;/h1-7H,9,14H2;/q-1;. The second-order valence-electron chi connectivity index (χ2n) is 3.01. The zero-order valence-electron chi connectivity index (χ0n) is 8.11. The number of aromatic nitrogens is 1. The summed E-state index contributed by atoms with van der Waals surface area (Å²) in [5, 5.41) is 0. The minimum atomic E-state index is 0. The normalized spacial score (nSPS) is 9.40. The molecule has 1 nitrogen and oxygen atoms in total. The van der Waals surface area contributed by atoms with Gasteiger partial charge in [-0.25, -0.2) is 0 Å². The molecule has 0 saturated carbocycles. The first-order valence-corrected chi connectivity index (χ1v) is 5.34. The van der Waals surface area contributed by atoms with Gasteiger partial charge in [-0.05, 0) is 17.9 Å². The molecule has 0 amide bonds. The molecule has 0 aliphatic heterocycles. The Morgan fingerprint density at radius 1 is 1.13 bits per heavy atom. The van der Waals surface area contributed by atoms with E-state index < -0.39 is 0 Å². The Labute approximate surface area is 106 Å². The van der Waals surface area contributed by atoms with Crippen LogP contribution in [0.3, 0.4) is 0 Å². The molecule has 15 heavy (non-hydrogen) atoms. The van der Waals surface area contributed by atoms with Crippen LogP contribution in [0.1, 0.15) is 5.56 Å². The summed E-state index contributed by atoms with van der Waals surface area (Å²) in [4.78, 5) is 4.29. The average Bonchev–Trinajstić information content (AvgIpc) is 2.30. The van der Waals surface area contributed by atoms with Crippen LogP contribution in [0.4, 0.5) is 0 Å². The van der Waals surface area contributed by atoms with Gasteiger partial charge >= 0.3 is 0 Å². The summed E-state index contributed by atoms with van der Waals surface area (Å²) in [6.45, 7) is 0. The molecule has 0 spiro atoms. The van der Waals surface area contributed by atoms with E-state index in [9.17, 15) is 0 Å². The first kappa shape index (κ1) is 12.5. The van der Waals surface area contributed by atoms with Gasteiger partial charge in [0.05, 0.1) is 0 Å². The number of benzene rings is 1. The van der Waals surface area contributed by atoms with Gasteiger partial charge in [0, 0.05) is 26.3 Å². The molecule has 1 atom stereocenters. The number of pyridine rings is 1. The van der Waals surface area contributed by atoms with E-state index in [1.165, 1.54) is 5.56 Å². The molecule has 2 rings (SSSR count). The Morgan fingerprint density at radius 3 is 2.67 bits per heavy atom. The smallest absolute Gasteiger partial charge is 0.0160 e. The molecule has 0 fully saturated rings. The van der Waals surface area contributed by atoms with Crippen LogP contribution < -0.4 is 0 Å². The van der Waals surface area contributed by atoms with Crippen molar-refractivity contribution in [1.29, 1.82) is 0 Å². The Balaban J connectivity index is 0.00000112. The summed E-state index contributed by atoms with van der Waals surface area (Å²) in [6, 6.07) is 15.4. The van der Waals surface area contributed by atoms with Crippen LogP contribution in [0.25, 0.3) is 11.3 Å². The van der Waals surface area contributed by atoms with Crippen LogP contribution in [0.5, 0.6) is 0 Å². The second-order valence-corrected chi connectivity index (χ2v) is 3.42. The van der Waals surface area contributed by atoms with Gasteiger partial charge in [0.1, 0.15) is 0 Å². The third-order valence-electron chi connectivity index (χ3n) is 2.02. The zero-order valence-corrected chi connectivity index (χ0v) is 11.7. The van der Waals surface area contributed by atoms with E-state index in [-0.39, 0.29) is 20.1 Å². The molecule has 79 valence electrons. The SMILES string of the molecule is PCc1[c-]c(-c2ccccn2)ccc1.[Ir]. The first-order chi connectivity index (χ1) is 6.90. The van der Waals surface area contributed by atoms with E-state index in [0.717, 1.165) is 17.4 Å². The Morgan fingerprint density at radius 2 is 2.00 bits per heavy atom. The molecule has 0 bridgehead atoms. The average molecular weight is 392 g/mol. The quantitative estimate of drug-likeness (QED) is 0.566. The zero-order chi connectivity index (χ0) is 9.80. The molecule has 0 aliphatic rings. The summed E-state index contributed by atoms with van der Waals surface area (Å²) >= 11 is 0. The fourth-order valence-corrected chi connectivity index (χ4v) is 1.55. The monoisotopic (exact) mass is 393 g/mol. The van der Waals surface area contributed by atoms with Crippen molar-refractivity contribution >= 4 is 9.24 Å². The third kappa shape index (κ3) is 3.21. The van der Waals surface area contributed by atoms with Gasteiger partial charge in [0.25, 0.3) is 0 Å². The maximum atomic E-state index is 4.29. The molecule has 1 heterocycles. The van der Waals surface area contributed by atoms with Crippen LogP contribution in [-0.4, -0.2) is 4.98 Å². The summed E-state index contributed by atoms with van der Waals surface area (Å²) in [6.07, 6.45) is 2.73. The fourth-order valence-electron chi connectivity index (χ4n) is 1.31. The fraction of sp³-hybridized carbons (Fsp3) is 0.0833. The van der Waals surface area contributed by atoms with Crippen molar-refractivity contribution < 1.29 is 20.1 Å². The van der Waals surface area contributed by atoms with E-state index in [0.29, 0.717) is 0 Å². The maximum Gasteiger partial charge on any atom is 0.0160 e. The van der Waals surface area contributed by atoms with Gasteiger partial charge in [-0.2, -0.15) is 0 Å². The van der Waals surface area contributed by atoms with Crippen LogP contribution >= 0.6 is 9.24 Å². The van der Waals surface area contributed by atoms with Gasteiger partial charge in [0.15, 0.2) is 0 Å². The van der Waals surface area contributed by atoms with E-state index >= 15 is 0 Å². The number of nitrogens with zero attached hydrogens (tertiary/aromatic N) is 1. The second kappa shape index (κ2) is 6.12. The van der Waals surface area contributed by atoms with Crippen molar-refractivity contribution in [3.63, 3.8) is 0 Å². The molecule has 1 aromatic heterocycles. The molecule has 2 aromatic rings. The van der Waals surface area contributed by atoms with Gasteiger partial charge in [-0.1, -0.05) is 12.1 Å². The van der Waals surface area contributed by atoms with Crippen LogP contribution in [0.15, 0.2) is 42.6 Å². The minimum absolute atomic E-state index is 0. The molecule has 1 aromatic carbocycles. The van der Waals surface area contributed by atoms with Crippen LogP contribution in [0, 0.1) is 6.07 Å². The Hall–Kier alpha value is -0.551. The molecule has 0 N–H and O–H groups in total. The van der Waals surface area contributed by atoms with Crippen LogP contribution in [0.2, 0.25) is 0 Å². The van der Waals surface area contributed by atoms with Crippen molar-refractivity contribution in [2.24, 2.45) is 0 Å². The summed E-state index contributed by atoms with van der Waals surface area (Å²) in [5.41, 5.74) is 3.23. The number of hydrogen-bond donors (Lipinski definition) is 0. The summed E-state index contributed by atoms with van der Waals surface area (Å²) in [5.74, 6) is 0. The number of hydrogen-bond acceptors (Lipinski definition) is 1. The maximum absolute atomic E-state index is 4.29. The van der Waals surface area contributed by atoms with E-state index in [1.807, 2.05) is 30.3 Å². The Kier molecular flexibility index (Phi) is 5.11. The summed E-state index contributed by atoms with van der Waals surface area (Å²) in [7, 11) is 2.70. The molecular formula is C12H11IrNP-. The van der Waals surface area contributed by atoms with Crippen molar-refractivity contribution in [3.8, 4) is 11.3 Å². The third-order valence-corrected chi connectivity index (χ3v) is 2.46. The van der Waals surface area contributed by atoms with Crippen LogP contribution in [-0.2, 0) is 26.3 Å². The molecule has 1 unspecified atom stereocenters. The van der Waals surface area contributed by atoms with Crippen molar-refractivity contribution in [2.75, 3.05) is 0 Å². The first-order valence-electron chi connectivity index (χ1n) is 4.53. The molecular weight excluding hydrogens is 381 g/mol. The van der Waals surface area contributed by atoms with E-state index in [2.05, 4.69) is 26.4 Å². The predicted octanol–water partition coefficient (Wildman–Crippen LogP) is 2.92. The van der Waals surface area contributed by atoms with Gasteiger partial charge in [0.2, 0.25) is 0 Å². The Bertz CT molecular complexity index is 417. The minimum Gasteiger partial charge on any atom is -0.305 e.